The molecule has 0 spiro atoms. The molecule has 1 nitrogen and oxygen atoms in total. The van der Waals surface area contributed by atoms with Crippen LogP contribution >= 0.6 is 0 Å². The lowest BCUT2D eigenvalue weighted by molar-refractivity contribution is 0.486. The highest BCUT2D eigenvalue weighted by atomic mass is 14.6. The first-order chi connectivity index (χ1) is 9.97. The van der Waals surface area contributed by atoms with Crippen LogP contribution in [-0.4, -0.2) is 0 Å². The first-order valence-electron chi connectivity index (χ1n) is 7.89. The summed E-state index contributed by atoms with van der Waals surface area (Å²) in [5.74, 6) is 0.629. The Balaban J connectivity index is 1.80. The zero-order chi connectivity index (χ0) is 15.0. The first-order valence-corrected chi connectivity index (χ1v) is 7.89. The molecule has 0 amide bonds. The van der Waals surface area contributed by atoms with Gasteiger partial charge >= 0.3 is 0 Å². The molecule has 1 aliphatic rings. The van der Waals surface area contributed by atoms with Crippen molar-refractivity contribution in [1.82, 2.24) is 0 Å². The van der Waals surface area contributed by atoms with Crippen molar-refractivity contribution in [1.29, 1.82) is 0 Å². The van der Waals surface area contributed by atoms with Crippen molar-refractivity contribution >= 4 is 0 Å². The number of hydrogen-bond acceptors (Lipinski definition) is 1. The smallest absolute Gasteiger partial charge is 0.0303 e. The molecule has 2 unspecified atom stereocenters. The van der Waals surface area contributed by atoms with Crippen molar-refractivity contribution in [3.63, 3.8) is 0 Å². The molecule has 0 aromatic heterocycles. The molecule has 0 radical (unpaired) electrons. The molecule has 0 saturated carbocycles. The van der Waals surface area contributed by atoms with Crippen LogP contribution in [0.25, 0.3) is 0 Å². The average Bonchev–Trinajstić information content (AvgIpc) is 2.43. The minimum Gasteiger partial charge on any atom is -0.324 e. The number of rotatable bonds is 3. The summed E-state index contributed by atoms with van der Waals surface area (Å²) in [4.78, 5) is 0. The maximum Gasteiger partial charge on any atom is 0.0303 e. The maximum absolute atomic E-state index is 6.56. The van der Waals surface area contributed by atoms with Gasteiger partial charge in [-0.2, -0.15) is 0 Å². The van der Waals surface area contributed by atoms with E-state index in [1.165, 1.54) is 28.7 Å². The Kier molecular flexibility index (Phi) is 3.62. The Morgan fingerprint density at radius 1 is 1.05 bits per heavy atom. The third kappa shape index (κ3) is 2.75. The van der Waals surface area contributed by atoms with Crippen LogP contribution in [-0.2, 0) is 11.8 Å². The van der Waals surface area contributed by atoms with Crippen LogP contribution in [0.1, 0.15) is 61.4 Å². The Labute approximate surface area is 128 Å². The molecule has 3 rings (SSSR count). The van der Waals surface area contributed by atoms with Crippen LogP contribution in [0.5, 0.6) is 0 Å². The largest absolute Gasteiger partial charge is 0.324 e. The van der Waals surface area contributed by atoms with Gasteiger partial charge in [0.05, 0.1) is 0 Å². The van der Waals surface area contributed by atoms with Crippen LogP contribution in [0, 0.1) is 0 Å². The lowest BCUT2D eigenvalue weighted by Gasteiger charge is -2.33. The zero-order valence-electron chi connectivity index (χ0n) is 13.3. The number of benzene rings is 2. The molecule has 2 aromatic rings. The number of fused-ring (bicyclic) bond motifs is 1. The Morgan fingerprint density at radius 2 is 1.71 bits per heavy atom. The van der Waals surface area contributed by atoms with E-state index in [9.17, 15) is 0 Å². The highest BCUT2D eigenvalue weighted by Gasteiger charge is 2.29. The van der Waals surface area contributed by atoms with Crippen molar-refractivity contribution in [2.24, 2.45) is 5.73 Å². The lowest BCUT2D eigenvalue weighted by atomic mass is 9.72. The lowest BCUT2D eigenvalue weighted by Crippen LogP contribution is -2.25. The van der Waals surface area contributed by atoms with Gasteiger partial charge in [0.1, 0.15) is 0 Å². The highest BCUT2D eigenvalue weighted by Crippen LogP contribution is 2.41. The van der Waals surface area contributed by atoms with E-state index in [0.29, 0.717) is 5.92 Å². The van der Waals surface area contributed by atoms with Crippen LogP contribution < -0.4 is 5.73 Å². The second-order valence-corrected chi connectivity index (χ2v) is 7.28. The van der Waals surface area contributed by atoms with Crippen molar-refractivity contribution in [2.45, 2.75) is 51.0 Å². The fraction of sp³-hybridized carbons (Fsp3) is 0.400. The topological polar surface area (TPSA) is 26.0 Å². The van der Waals surface area contributed by atoms with Gasteiger partial charge in [-0.1, -0.05) is 69.3 Å². The average molecular weight is 279 g/mol. The molecule has 0 bridgehead atoms. The van der Waals surface area contributed by atoms with Gasteiger partial charge in [-0.25, -0.2) is 0 Å². The van der Waals surface area contributed by atoms with E-state index in [1.54, 1.807) is 0 Å². The van der Waals surface area contributed by atoms with E-state index in [1.807, 2.05) is 0 Å². The van der Waals surface area contributed by atoms with Crippen LogP contribution in [0.4, 0.5) is 0 Å². The summed E-state index contributed by atoms with van der Waals surface area (Å²) in [5, 5.41) is 0. The number of hydrogen-bond donors (Lipinski definition) is 1. The molecule has 1 aliphatic carbocycles. The van der Waals surface area contributed by atoms with Crippen molar-refractivity contribution in [3.05, 3.63) is 70.8 Å². The van der Waals surface area contributed by atoms with E-state index >= 15 is 0 Å². The molecular weight excluding hydrogens is 254 g/mol. The van der Waals surface area contributed by atoms with Crippen molar-refractivity contribution in [2.75, 3.05) is 0 Å². The third-order valence-corrected chi connectivity index (χ3v) is 4.67. The first kappa shape index (κ1) is 14.3. The van der Waals surface area contributed by atoms with E-state index in [2.05, 4.69) is 69.3 Å². The van der Waals surface area contributed by atoms with Gasteiger partial charge in [0, 0.05) is 6.04 Å². The summed E-state index contributed by atoms with van der Waals surface area (Å²) in [6.45, 7) is 6.78. The molecule has 2 aromatic carbocycles. The Hall–Kier alpha value is -1.60. The molecule has 1 heteroatoms. The van der Waals surface area contributed by atoms with Crippen LogP contribution in [0.3, 0.4) is 0 Å². The third-order valence-electron chi connectivity index (χ3n) is 4.67. The van der Waals surface area contributed by atoms with Gasteiger partial charge < -0.3 is 5.73 Å². The van der Waals surface area contributed by atoms with Crippen molar-refractivity contribution < 1.29 is 0 Å². The normalized spacial score (nSPS) is 18.8. The SMILES string of the molecule is CC(C)(C)c1ccccc1C(N)CC1Cc2ccccc21. The Bertz CT molecular complexity index is 636. The second-order valence-electron chi connectivity index (χ2n) is 7.28. The summed E-state index contributed by atoms with van der Waals surface area (Å²) in [5.41, 5.74) is 12.4. The fourth-order valence-electron chi connectivity index (χ4n) is 3.51. The maximum atomic E-state index is 6.56. The quantitative estimate of drug-likeness (QED) is 0.865. The molecule has 0 aliphatic heterocycles. The molecule has 0 saturated heterocycles. The molecule has 2 atom stereocenters. The van der Waals surface area contributed by atoms with Gasteiger partial charge in [0.2, 0.25) is 0 Å². The van der Waals surface area contributed by atoms with Gasteiger partial charge in [-0.15, -0.1) is 0 Å². The number of nitrogens with two attached hydrogens (primary N) is 1. The highest BCUT2D eigenvalue weighted by molar-refractivity contribution is 5.41. The van der Waals surface area contributed by atoms with E-state index in [0.717, 1.165) is 6.42 Å². The van der Waals surface area contributed by atoms with Crippen LogP contribution in [0.2, 0.25) is 0 Å². The van der Waals surface area contributed by atoms with Gasteiger partial charge in [0.25, 0.3) is 0 Å². The fourth-order valence-corrected chi connectivity index (χ4v) is 3.51. The summed E-state index contributed by atoms with van der Waals surface area (Å²) < 4.78 is 0. The van der Waals surface area contributed by atoms with Gasteiger partial charge in [-0.3, -0.25) is 0 Å². The molecule has 0 fully saturated rings. The monoisotopic (exact) mass is 279 g/mol. The molecule has 2 N–H and O–H groups in total. The minimum atomic E-state index is 0.124. The van der Waals surface area contributed by atoms with E-state index < -0.39 is 0 Å². The van der Waals surface area contributed by atoms with E-state index in [4.69, 9.17) is 5.73 Å². The van der Waals surface area contributed by atoms with Crippen LogP contribution in [0.15, 0.2) is 48.5 Å². The second kappa shape index (κ2) is 5.31. The predicted octanol–water partition coefficient (Wildman–Crippen LogP) is 4.71. The zero-order valence-corrected chi connectivity index (χ0v) is 13.3. The standard InChI is InChI=1S/C20H25N/c1-20(2,3)18-11-7-6-10-17(18)19(21)13-15-12-14-8-4-5-9-16(14)15/h4-11,15,19H,12-13,21H2,1-3H3. The molecule has 0 heterocycles. The summed E-state index contributed by atoms with van der Waals surface area (Å²) in [7, 11) is 0. The van der Waals surface area contributed by atoms with Gasteiger partial charge in [-0.05, 0) is 46.4 Å². The molecule has 110 valence electrons. The summed E-state index contributed by atoms with van der Waals surface area (Å²) >= 11 is 0. The Morgan fingerprint density at radius 3 is 2.43 bits per heavy atom. The van der Waals surface area contributed by atoms with E-state index in [-0.39, 0.29) is 11.5 Å². The predicted molar refractivity (Wildman–Crippen MR) is 89.6 cm³/mol. The molecular formula is C20H25N. The van der Waals surface area contributed by atoms with Gasteiger partial charge in [0.15, 0.2) is 0 Å². The molecule has 21 heavy (non-hydrogen) atoms. The summed E-state index contributed by atoms with van der Waals surface area (Å²) in [6.07, 6.45) is 2.23. The minimum absolute atomic E-state index is 0.124. The van der Waals surface area contributed by atoms with Crippen molar-refractivity contribution in [3.8, 4) is 0 Å². The summed E-state index contributed by atoms with van der Waals surface area (Å²) in [6, 6.07) is 17.5.